The number of rotatable bonds is 5. The van der Waals surface area contributed by atoms with Crippen LogP contribution < -0.4 is 5.32 Å². The van der Waals surface area contributed by atoms with Crippen LogP contribution in [0, 0.1) is 11.3 Å². The average molecular weight is 171 g/mol. The van der Waals surface area contributed by atoms with E-state index in [9.17, 15) is 0 Å². The third kappa shape index (κ3) is 2.46. The van der Waals surface area contributed by atoms with Crippen molar-refractivity contribution in [1.82, 2.24) is 5.32 Å². The molecule has 0 saturated carbocycles. The molecule has 0 bridgehead atoms. The lowest BCUT2D eigenvalue weighted by Gasteiger charge is -2.43. The molecule has 0 aromatic carbocycles. The third-order valence-electron chi connectivity index (χ3n) is 2.56. The molecule has 12 heavy (non-hydrogen) atoms. The van der Waals surface area contributed by atoms with E-state index in [1.807, 2.05) is 7.05 Å². The van der Waals surface area contributed by atoms with Gasteiger partial charge >= 0.3 is 0 Å². The fourth-order valence-corrected chi connectivity index (χ4v) is 2.01. The molecular weight excluding hydrogens is 150 g/mol. The van der Waals surface area contributed by atoms with Crippen molar-refractivity contribution in [2.24, 2.45) is 11.3 Å². The van der Waals surface area contributed by atoms with Crippen LogP contribution in [0.4, 0.5) is 0 Å². The van der Waals surface area contributed by atoms with E-state index >= 15 is 0 Å². The first-order chi connectivity index (χ1) is 5.68. The second kappa shape index (κ2) is 4.24. The SMILES string of the molecule is CNCCC1(CC(C)C)COC1. The van der Waals surface area contributed by atoms with E-state index in [1.165, 1.54) is 12.8 Å². The van der Waals surface area contributed by atoms with Crippen LogP contribution in [0.1, 0.15) is 26.7 Å². The normalized spacial score (nSPS) is 21.0. The summed E-state index contributed by atoms with van der Waals surface area (Å²) in [4.78, 5) is 0. The topological polar surface area (TPSA) is 21.3 Å². The fourth-order valence-electron chi connectivity index (χ4n) is 2.01. The Kier molecular flexibility index (Phi) is 3.53. The van der Waals surface area contributed by atoms with Gasteiger partial charge in [-0.3, -0.25) is 0 Å². The van der Waals surface area contributed by atoms with E-state index in [0.717, 1.165) is 25.7 Å². The summed E-state index contributed by atoms with van der Waals surface area (Å²) in [5.74, 6) is 0.797. The fraction of sp³-hybridized carbons (Fsp3) is 1.00. The van der Waals surface area contributed by atoms with E-state index in [4.69, 9.17) is 4.74 Å². The molecule has 0 aromatic heterocycles. The van der Waals surface area contributed by atoms with Crippen LogP contribution in [-0.2, 0) is 4.74 Å². The van der Waals surface area contributed by atoms with Crippen molar-refractivity contribution in [1.29, 1.82) is 0 Å². The molecular formula is C10H21NO. The molecule has 1 saturated heterocycles. The number of hydrogen-bond acceptors (Lipinski definition) is 2. The molecule has 1 N–H and O–H groups in total. The van der Waals surface area contributed by atoms with Gasteiger partial charge in [0.2, 0.25) is 0 Å². The highest BCUT2D eigenvalue weighted by Crippen LogP contribution is 2.37. The van der Waals surface area contributed by atoms with Gasteiger partial charge in [-0.15, -0.1) is 0 Å². The number of nitrogens with one attached hydrogen (secondary N) is 1. The molecule has 0 aliphatic carbocycles. The molecule has 2 heteroatoms. The van der Waals surface area contributed by atoms with Gasteiger partial charge in [-0.05, 0) is 32.4 Å². The van der Waals surface area contributed by atoms with Crippen molar-refractivity contribution < 1.29 is 4.74 Å². The lowest BCUT2D eigenvalue weighted by molar-refractivity contribution is -0.126. The Balaban J connectivity index is 2.29. The molecule has 1 fully saturated rings. The van der Waals surface area contributed by atoms with Crippen LogP contribution in [0.2, 0.25) is 0 Å². The average Bonchev–Trinajstić information content (AvgIpc) is 1.94. The first kappa shape index (κ1) is 10.0. The van der Waals surface area contributed by atoms with Crippen LogP contribution in [0.5, 0.6) is 0 Å². The second-order valence-electron chi connectivity index (χ2n) is 4.44. The molecule has 0 aromatic rings. The maximum atomic E-state index is 5.31. The highest BCUT2D eigenvalue weighted by atomic mass is 16.5. The van der Waals surface area contributed by atoms with Gasteiger partial charge in [0.05, 0.1) is 13.2 Å². The molecule has 0 amide bonds. The van der Waals surface area contributed by atoms with Gasteiger partial charge in [-0.2, -0.15) is 0 Å². The van der Waals surface area contributed by atoms with Crippen molar-refractivity contribution in [2.75, 3.05) is 26.8 Å². The Morgan fingerprint density at radius 2 is 2.08 bits per heavy atom. The van der Waals surface area contributed by atoms with Crippen LogP contribution in [0.3, 0.4) is 0 Å². The Bertz CT molecular complexity index is 130. The van der Waals surface area contributed by atoms with Gasteiger partial charge in [-0.1, -0.05) is 13.8 Å². The quantitative estimate of drug-likeness (QED) is 0.679. The van der Waals surface area contributed by atoms with Crippen molar-refractivity contribution >= 4 is 0 Å². The Morgan fingerprint density at radius 3 is 2.42 bits per heavy atom. The van der Waals surface area contributed by atoms with Gasteiger partial charge in [0.15, 0.2) is 0 Å². The van der Waals surface area contributed by atoms with E-state index in [0.29, 0.717) is 5.41 Å². The Labute approximate surface area is 75.7 Å². The van der Waals surface area contributed by atoms with Crippen LogP contribution >= 0.6 is 0 Å². The zero-order chi connectivity index (χ0) is 9.03. The van der Waals surface area contributed by atoms with Gasteiger partial charge in [0, 0.05) is 5.41 Å². The maximum Gasteiger partial charge on any atom is 0.0545 e. The minimum atomic E-state index is 0.511. The number of ether oxygens (including phenoxy) is 1. The van der Waals surface area contributed by atoms with Crippen molar-refractivity contribution in [3.63, 3.8) is 0 Å². The van der Waals surface area contributed by atoms with Gasteiger partial charge < -0.3 is 10.1 Å². The summed E-state index contributed by atoms with van der Waals surface area (Å²) in [5, 5.41) is 3.21. The van der Waals surface area contributed by atoms with Gasteiger partial charge in [0.1, 0.15) is 0 Å². The van der Waals surface area contributed by atoms with Gasteiger partial charge in [-0.25, -0.2) is 0 Å². The zero-order valence-corrected chi connectivity index (χ0v) is 8.52. The summed E-state index contributed by atoms with van der Waals surface area (Å²) in [7, 11) is 2.02. The molecule has 0 spiro atoms. The monoisotopic (exact) mass is 171 g/mol. The Morgan fingerprint density at radius 1 is 1.42 bits per heavy atom. The lowest BCUT2D eigenvalue weighted by atomic mass is 9.76. The maximum absolute atomic E-state index is 5.31. The standard InChI is InChI=1S/C10H21NO/c1-9(2)6-10(4-5-11-3)7-12-8-10/h9,11H,4-8H2,1-3H3. The van der Waals surface area contributed by atoms with E-state index in [1.54, 1.807) is 0 Å². The van der Waals surface area contributed by atoms with E-state index < -0.39 is 0 Å². The summed E-state index contributed by atoms with van der Waals surface area (Å²) in [6, 6.07) is 0. The number of hydrogen-bond donors (Lipinski definition) is 1. The van der Waals surface area contributed by atoms with Crippen LogP contribution in [0.15, 0.2) is 0 Å². The lowest BCUT2D eigenvalue weighted by Crippen LogP contribution is -2.45. The van der Waals surface area contributed by atoms with Gasteiger partial charge in [0.25, 0.3) is 0 Å². The van der Waals surface area contributed by atoms with E-state index in [2.05, 4.69) is 19.2 Å². The molecule has 1 aliphatic heterocycles. The third-order valence-corrected chi connectivity index (χ3v) is 2.56. The smallest absolute Gasteiger partial charge is 0.0545 e. The minimum Gasteiger partial charge on any atom is -0.380 e. The van der Waals surface area contributed by atoms with Crippen molar-refractivity contribution in [3.8, 4) is 0 Å². The summed E-state index contributed by atoms with van der Waals surface area (Å²) >= 11 is 0. The largest absolute Gasteiger partial charge is 0.380 e. The molecule has 1 heterocycles. The summed E-state index contributed by atoms with van der Waals surface area (Å²) < 4.78 is 5.31. The first-order valence-electron chi connectivity index (χ1n) is 4.91. The molecule has 2 nitrogen and oxygen atoms in total. The molecule has 72 valence electrons. The van der Waals surface area contributed by atoms with Crippen LogP contribution in [0.25, 0.3) is 0 Å². The highest BCUT2D eigenvalue weighted by Gasteiger charge is 2.37. The molecule has 1 aliphatic rings. The van der Waals surface area contributed by atoms with E-state index in [-0.39, 0.29) is 0 Å². The van der Waals surface area contributed by atoms with Crippen LogP contribution in [-0.4, -0.2) is 26.8 Å². The summed E-state index contributed by atoms with van der Waals surface area (Å²) in [6.45, 7) is 7.66. The Hall–Kier alpha value is -0.0800. The zero-order valence-electron chi connectivity index (χ0n) is 8.52. The molecule has 0 radical (unpaired) electrons. The highest BCUT2D eigenvalue weighted by molar-refractivity contribution is 4.86. The first-order valence-corrected chi connectivity index (χ1v) is 4.91. The summed E-state index contributed by atoms with van der Waals surface area (Å²) in [6.07, 6.45) is 2.58. The van der Waals surface area contributed by atoms with Crippen molar-refractivity contribution in [2.45, 2.75) is 26.7 Å². The molecule has 0 atom stereocenters. The second-order valence-corrected chi connectivity index (χ2v) is 4.44. The van der Waals surface area contributed by atoms with Crippen molar-refractivity contribution in [3.05, 3.63) is 0 Å². The molecule has 0 unspecified atom stereocenters. The summed E-state index contributed by atoms with van der Waals surface area (Å²) in [5.41, 5.74) is 0.511. The predicted molar refractivity (Wildman–Crippen MR) is 51.3 cm³/mol. The predicted octanol–water partition coefficient (Wildman–Crippen LogP) is 1.66. The molecule has 1 rings (SSSR count). The minimum absolute atomic E-state index is 0.511.